The summed E-state index contributed by atoms with van der Waals surface area (Å²) in [5, 5.41) is 0. The number of hydrogen-bond donors (Lipinski definition) is 0. The monoisotopic (exact) mass is 399 g/mol. The molecule has 2 amide bonds. The average molecular weight is 400 g/mol. The average Bonchev–Trinajstić information content (AvgIpc) is 3.58. The molecule has 1 aliphatic carbocycles. The lowest BCUT2D eigenvalue weighted by atomic mass is 10.0. The summed E-state index contributed by atoms with van der Waals surface area (Å²) in [6.45, 7) is 9.81. The third-order valence-electron chi connectivity index (χ3n) is 6.37. The van der Waals surface area contributed by atoms with E-state index in [4.69, 9.17) is 4.74 Å². The van der Waals surface area contributed by atoms with E-state index in [0.717, 1.165) is 62.3 Å². The zero-order valence-corrected chi connectivity index (χ0v) is 17.7. The van der Waals surface area contributed by atoms with Crippen LogP contribution in [0.3, 0.4) is 0 Å². The molecular formula is C23H33N3O3. The predicted molar refractivity (Wildman–Crippen MR) is 112 cm³/mol. The molecule has 2 aliphatic heterocycles. The standard InChI is InChI=1S/C23H33N3O3/c1-17(2)24-9-11-25(12-10-24)22(27)8-4-18-3-7-21-20(15-18)16-26(13-14-29-21)23(28)19-5-6-19/h3,7,15,17,19H,4-6,8-14,16H2,1-2H3. The summed E-state index contributed by atoms with van der Waals surface area (Å²) < 4.78 is 5.86. The number of carbonyl (C=O) groups is 2. The van der Waals surface area contributed by atoms with E-state index in [9.17, 15) is 9.59 Å². The van der Waals surface area contributed by atoms with Crippen LogP contribution in [-0.4, -0.2) is 71.9 Å². The Hall–Kier alpha value is -2.08. The molecule has 0 aromatic heterocycles. The summed E-state index contributed by atoms with van der Waals surface area (Å²) in [7, 11) is 0. The van der Waals surface area contributed by atoms with Crippen LogP contribution in [0.2, 0.25) is 0 Å². The number of fused-ring (bicyclic) bond motifs is 1. The molecule has 2 heterocycles. The fraction of sp³-hybridized carbons (Fsp3) is 0.652. The number of hydrogen-bond acceptors (Lipinski definition) is 4. The van der Waals surface area contributed by atoms with Gasteiger partial charge in [0, 0.05) is 56.7 Å². The van der Waals surface area contributed by atoms with Crippen LogP contribution in [0.15, 0.2) is 18.2 Å². The second kappa shape index (κ2) is 8.74. The van der Waals surface area contributed by atoms with Gasteiger partial charge in [-0.3, -0.25) is 14.5 Å². The molecule has 6 nitrogen and oxygen atoms in total. The summed E-state index contributed by atoms with van der Waals surface area (Å²) in [6, 6.07) is 6.72. The summed E-state index contributed by atoms with van der Waals surface area (Å²) in [4.78, 5) is 31.5. The molecular weight excluding hydrogens is 366 g/mol. The summed E-state index contributed by atoms with van der Waals surface area (Å²) in [5.74, 6) is 1.61. The normalized spacial score (nSPS) is 20.2. The maximum absolute atomic E-state index is 12.6. The van der Waals surface area contributed by atoms with Gasteiger partial charge in [-0.05, 0) is 44.7 Å². The van der Waals surface area contributed by atoms with Crippen molar-refractivity contribution in [3.05, 3.63) is 29.3 Å². The maximum Gasteiger partial charge on any atom is 0.226 e. The van der Waals surface area contributed by atoms with Crippen LogP contribution in [0, 0.1) is 5.92 Å². The van der Waals surface area contributed by atoms with Gasteiger partial charge in [-0.15, -0.1) is 0 Å². The van der Waals surface area contributed by atoms with Crippen molar-refractivity contribution in [2.75, 3.05) is 39.3 Å². The Morgan fingerprint density at radius 1 is 1.07 bits per heavy atom. The maximum atomic E-state index is 12.6. The van der Waals surface area contributed by atoms with Gasteiger partial charge in [-0.1, -0.05) is 12.1 Å². The lowest BCUT2D eigenvalue weighted by Gasteiger charge is -2.37. The molecule has 6 heteroatoms. The molecule has 0 spiro atoms. The zero-order valence-electron chi connectivity index (χ0n) is 17.7. The minimum atomic E-state index is 0.230. The van der Waals surface area contributed by atoms with Crippen LogP contribution >= 0.6 is 0 Å². The van der Waals surface area contributed by atoms with Crippen molar-refractivity contribution >= 4 is 11.8 Å². The number of aryl methyl sites for hydroxylation is 1. The quantitative estimate of drug-likeness (QED) is 0.762. The van der Waals surface area contributed by atoms with Gasteiger partial charge in [0.05, 0.1) is 6.54 Å². The van der Waals surface area contributed by atoms with E-state index in [2.05, 4.69) is 30.9 Å². The van der Waals surface area contributed by atoms with Gasteiger partial charge in [-0.25, -0.2) is 0 Å². The molecule has 1 saturated heterocycles. The topological polar surface area (TPSA) is 53.1 Å². The second-order valence-corrected chi connectivity index (χ2v) is 8.84. The lowest BCUT2D eigenvalue weighted by Crippen LogP contribution is -2.50. The highest BCUT2D eigenvalue weighted by molar-refractivity contribution is 5.81. The zero-order chi connectivity index (χ0) is 20.4. The minimum absolute atomic E-state index is 0.230. The van der Waals surface area contributed by atoms with Gasteiger partial charge in [0.1, 0.15) is 12.4 Å². The van der Waals surface area contributed by atoms with E-state index in [-0.39, 0.29) is 17.7 Å². The van der Waals surface area contributed by atoms with E-state index in [0.29, 0.717) is 32.2 Å². The minimum Gasteiger partial charge on any atom is -0.491 e. The third kappa shape index (κ3) is 4.92. The molecule has 29 heavy (non-hydrogen) atoms. The Labute approximate surface area is 173 Å². The highest BCUT2D eigenvalue weighted by Gasteiger charge is 2.34. The molecule has 1 saturated carbocycles. The van der Waals surface area contributed by atoms with Crippen molar-refractivity contribution < 1.29 is 14.3 Å². The van der Waals surface area contributed by atoms with E-state index in [1.54, 1.807) is 0 Å². The fourth-order valence-corrected chi connectivity index (χ4v) is 4.28. The van der Waals surface area contributed by atoms with E-state index in [1.807, 2.05) is 15.9 Å². The first-order valence-corrected chi connectivity index (χ1v) is 11.1. The highest BCUT2D eigenvalue weighted by Crippen LogP contribution is 2.33. The molecule has 158 valence electrons. The van der Waals surface area contributed by atoms with Crippen LogP contribution in [0.25, 0.3) is 0 Å². The van der Waals surface area contributed by atoms with Crippen molar-refractivity contribution in [1.29, 1.82) is 0 Å². The molecule has 0 bridgehead atoms. The van der Waals surface area contributed by atoms with Crippen LogP contribution in [0.1, 0.15) is 44.2 Å². The summed E-state index contributed by atoms with van der Waals surface area (Å²) in [5.41, 5.74) is 2.20. The van der Waals surface area contributed by atoms with Gasteiger partial charge in [-0.2, -0.15) is 0 Å². The van der Waals surface area contributed by atoms with Gasteiger partial charge in [0.15, 0.2) is 0 Å². The number of benzene rings is 1. The summed E-state index contributed by atoms with van der Waals surface area (Å²) >= 11 is 0. The molecule has 4 rings (SSSR count). The van der Waals surface area contributed by atoms with E-state index in [1.165, 1.54) is 0 Å². The van der Waals surface area contributed by atoms with Crippen LogP contribution in [0.5, 0.6) is 5.75 Å². The first kappa shape index (κ1) is 20.2. The van der Waals surface area contributed by atoms with Gasteiger partial charge < -0.3 is 14.5 Å². The lowest BCUT2D eigenvalue weighted by molar-refractivity contribution is -0.133. The molecule has 1 aromatic carbocycles. The highest BCUT2D eigenvalue weighted by atomic mass is 16.5. The largest absolute Gasteiger partial charge is 0.491 e. The van der Waals surface area contributed by atoms with Crippen LogP contribution < -0.4 is 4.74 Å². The number of amides is 2. The number of nitrogens with zero attached hydrogens (tertiary/aromatic N) is 3. The Kier molecular flexibility index (Phi) is 6.09. The number of piperazine rings is 1. The van der Waals surface area contributed by atoms with Gasteiger partial charge in [0.2, 0.25) is 11.8 Å². The Balaban J connectivity index is 1.33. The van der Waals surface area contributed by atoms with Crippen molar-refractivity contribution in [2.45, 2.75) is 52.1 Å². The molecule has 0 radical (unpaired) electrons. The van der Waals surface area contributed by atoms with Crippen molar-refractivity contribution in [3.8, 4) is 5.75 Å². The van der Waals surface area contributed by atoms with Crippen molar-refractivity contribution in [2.24, 2.45) is 5.92 Å². The van der Waals surface area contributed by atoms with Crippen molar-refractivity contribution in [3.63, 3.8) is 0 Å². The fourth-order valence-electron chi connectivity index (χ4n) is 4.28. The third-order valence-corrected chi connectivity index (χ3v) is 6.37. The first-order chi connectivity index (χ1) is 14.0. The summed E-state index contributed by atoms with van der Waals surface area (Å²) in [6.07, 6.45) is 3.31. The number of carbonyl (C=O) groups excluding carboxylic acids is 2. The first-order valence-electron chi connectivity index (χ1n) is 11.1. The molecule has 3 aliphatic rings. The molecule has 0 atom stereocenters. The Bertz CT molecular complexity index is 752. The molecule has 1 aromatic rings. The van der Waals surface area contributed by atoms with Crippen molar-refractivity contribution in [1.82, 2.24) is 14.7 Å². The number of rotatable bonds is 5. The Morgan fingerprint density at radius 3 is 2.52 bits per heavy atom. The van der Waals surface area contributed by atoms with E-state index < -0.39 is 0 Å². The SMILES string of the molecule is CC(C)N1CCN(C(=O)CCc2ccc3c(c2)CN(C(=O)C2CC2)CCO3)CC1. The van der Waals surface area contributed by atoms with Crippen LogP contribution in [0.4, 0.5) is 0 Å². The van der Waals surface area contributed by atoms with Gasteiger partial charge in [0.25, 0.3) is 0 Å². The predicted octanol–water partition coefficient (Wildman–Crippen LogP) is 2.30. The number of ether oxygens (including phenoxy) is 1. The van der Waals surface area contributed by atoms with Gasteiger partial charge >= 0.3 is 0 Å². The Morgan fingerprint density at radius 2 is 1.83 bits per heavy atom. The molecule has 0 unspecified atom stereocenters. The second-order valence-electron chi connectivity index (χ2n) is 8.84. The van der Waals surface area contributed by atoms with Crippen LogP contribution in [-0.2, 0) is 22.6 Å². The van der Waals surface area contributed by atoms with E-state index >= 15 is 0 Å². The molecule has 2 fully saturated rings. The molecule has 0 N–H and O–H groups in total. The smallest absolute Gasteiger partial charge is 0.226 e.